The summed E-state index contributed by atoms with van der Waals surface area (Å²) in [6.45, 7) is 0. The van der Waals surface area contributed by atoms with Crippen molar-refractivity contribution in [3.8, 4) is 11.5 Å². The second kappa shape index (κ2) is 9.78. The van der Waals surface area contributed by atoms with Crippen molar-refractivity contribution in [2.45, 2.75) is 4.90 Å². The highest BCUT2D eigenvalue weighted by Crippen LogP contribution is 2.28. The fraction of sp³-hybridized carbons (Fsp3) is 0.188. The van der Waals surface area contributed by atoms with E-state index in [0.717, 1.165) is 0 Å². The lowest BCUT2D eigenvalue weighted by atomic mass is 10.2. The van der Waals surface area contributed by atoms with Crippen molar-refractivity contribution in [1.82, 2.24) is 10.4 Å². The molecule has 1 amide bonds. The fourth-order valence-electron chi connectivity index (χ4n) is 1.73. The Kier molecular flexibility index (Phi) is 8.07. The molecule has 0 saturated carbocycles. The van der Waals surface area contributed by atoms with Crippen LogP contribution in [-0.2, 0) is 11.1 Å². The molecule has 7 nitrogen and oxygen atoms in total. The lowest BCUT2D eigenvalue weighted by molar-refractivity contribution is 0.0827. The predicted octanol–water partition coefficient (Wildman–Crippen LogP) is 2.01. The molecule has 0 radical (unpaired) electrons. The molecule has 0 saturated heterocycles. The minimum Gasteiger partial charge on any atom is -0.768 e. The van der Waals surface area contributed by atoms with Gasteiger partial charge in [0, 0.05) is 26.7 Å². The summed E-state index contributed by atoms with van der Waals surface area (Å²) in [5.74, 6) is 0.439. The molecular formula is C16H19N2O5S-. The zero-order valence-electron chi connectivity index (χ0n) is 13.6. The number of nitrogens with one attached hydrogen (secondary N) is 1. The van der Waals surface area contributed by atoms with Crippen LogP contribution in [0.15, 0.2) is 53.4 Å². The van der Waals surface area contributed by atoms with Crippen molar-refractivity contribution in [3.63, 3.8) is 0 Å². The molecule has 1 unspecified atom stereocenters. The van der Waals surface area contributed by atoms with Crippen molar-refractivity contribution in [1.29, 1.82) is 0 Å². The van der Waals surface area contributed by atoms with E-state index >= 15 is 0 Å². The van der Waals surface area contributed by atoms with E-state index in [1.807, 2.05) is 6.07 Å². The van der Waals surface area contributed by atoms with Crippen LogP contribution in [0.4, 0.5) is 0 Å². The molecule has 0 aliphatic carbocycles. The number of hydrogen-bond acceptors (Lipinski definition) is 6. The van der Waals surface area contributed by atoms with Crippen LogP contribution < -0.4 is 10.2 Å². The summed E-state index contributed by atoms with van der Waals surface area (Å²) in [5.41, 5.74) is 2.04. The van der Waals surface area contributed by atoms with Crippen LogP contribution in [0.5, 0.6) is 11.5 Å². The van der Waals surface area contributed by atoms with Gasteiger partial charge >= 0.3 is 0 Å². The molecule has 2 N–H and O–H groups in total. The summed E-state index contributed by atoms with van der Waals surface area (Å²) in [6.07, 6.45) is 0. The van der Waals surface area contributed by atoms with E-state index in [-0.39, 0.29) is 16.6 Å². The van der Waals surface area contributed by atoms with E-state index < -0.39 is 11.1 Å². The maximum Gasteiger partial charge on any atom is 0.253 e. The quantitative estimate of drug-likeness (QED) is 0.645. The standard InChI is InChI=1S/C15H15NO4S.CH5NO/c1-16(2)15(17)11-8-9-13(14(10-11)21(18)19)20-12-6-4-3-5-7-12;1-2-3/h3-10H,1-2H3,(H,18,19);2-3H,1H3/p-1. The third-order valence-corrected chi connectivity index (χ3v) is 3.43. The molecule has 0 aliphatic heterocycles. The Morgan fingerprint density at radius 1 is 1.21 bits per heavy atom. The Morgan fingerprint density at radius 3 is 2.29 bits per heavy atom. The first-order valence-corrected chi connectivity index (χ1v) is 7.97. The molecule has 8 heteroatoms. The summed E-state index contributed by atoms with van der Waals surface area (Å²) in [5, 5.41) is 7.32. The molecule has 2 aromatic carbocycles. The van der Waals surface area contributed by atoms with Crippen molar-refractivity contribution >= 4 is 17.0 Å². The van der Waals surface area contributed by atoms with Crippen molar-refractivity contribution < 1.29 is 23.5 Å². The number of ether oxygens (including phenoxy) is 1. The Bertz CT molecular complexity index is 692. The van der Waals surface area contributed by atoms with Crippen molar-refractivity contribution in [2.75, 3.05) is 21.1 Å². The minimum absolute atomic E-state index is 0.0495. The first-order valence-electron chi connectivity index (χ1n) is 6.89. The lowest BCUT2D eigenvalue weighted by Gasteiger charge is -2.16. The number of benzene rings is 2. The number of carbonyl (C=O) groups is 1. The zero-order valence-corrected chi connectivity index (χ0v) is 14.4. The van der Waals surface area contributed by atoms with Crippen molar-refractivity contribution in [2.24, 2.45) is 0 Å². The van der Waals surface area contributed by atoms with Gasteiger partial charge in [0.05, 0.1) is 4.90 Å². The topological polar surface area (TPSA) is 102 Å². The van der Waals surface area contributed by atoms with Gasteiger partial charge < -0.3 is 19.4 Å². The van der Waals surface area contributed by atoms with Gasteiger partial charge in [-0.3, -0.25) is 9.00 Å². The number of hydroxylamine groups is 1. The lowest BCUT2D eigenvalue weighted by Crippen LogP contribution is -2.21. The van der Waals surface area contributed by atoms with Gasteiger partial charge in [0.1, 0.15) is 11.5 Å². The highest BCUT2D eigenvalue weighted by Gasteiger charge is 2.13. The number of para-hydroxylation sites is 1. The number of nitrogens with zero attached hydrogens (tertiary/aromatic N) is 1. The van der Waals surface area contributed by atoms with Crippen LogP contribution >= 0.6 is 0 Å². The van der Waals surface area contributed by atoms with Gasteiger partial charge in [-0.05, 0) is 41.4 Å². The first kappa shape index (κ1) is 19.8. The average molecular weight is 351 g/mol. The number of carbonyl (C=O) groups excluding carboxylic acids is 1. The van der Waals surface area contributed by atoms with Gasteiger partial charge in [-0.2, -0.15) is 0 Å². The smallest absolute Gasteiger partial charge is 0.253 e. The van der Waals surface area contributed by atoms with E-state index in [2.05, 4.69) is 0 Å². The summed E-state index contributed by atoms with van der Waals surface area (Å²) < 4.78 is 28.3. The maximum atomic E-state index is 11.9. The van der Waals surface area contributed by atoms with E-state index in [9.17, 15) is 13.6 Å². The van der Waals surface area contributed by atoms with Crippen LogP contribution in [0.3, 0.4) is 0 Å². The van der Waals surface area contributed by atoms with Gasteiger partial charge in [-0.25, -0.2) is 5.48 Å². The largest absolute Gasteiger partial charge is 0.768 e. The first-order chi connectivity index (χ1) is 11.4. The molecule has 24 heavy (non-hydrogen) atoms. The minimum atomic E-state index is -2.50. The van der Waals surface area contributed by atoms with Crippen LogP contribution in [0.2, 0.25) is 0 Å². The van der Waals surface area contributed by atoms with E-state index in [1.165, 1.54) is 30.1 Å². The van der Waals surface area contributed by atoms with Gasteiger partial charge in [0.2, 0.25) is 0 Å². The highest BCUT2D eigenvalue weighted by atomic mass is 32.2. The summed E-state index contributed by atoms with van der Waals surface area (Å²) in [4.78, 5) is 13.2. The number of hydrogen-bond donors (Lipinski definition) is 2. The van der Waals surface area contributed by atoms with Gasteiger partial charge in [0.25, 0.3) is 5.91 Å². The Balaban J connectivity index is 0.000000891. The molecular weight excluding hydrogens is 332 g/mol. The van der Waals surface area contributed by atoms with Crippen LogP contribution in [-0.4, -0.2) is 45.9 Å². The summed E-state index contributed by atoms with van der Waals surface area (Å²) in [6, 6.07) is 13.2. The maximum absolute atomic E-state index is 11.9. The van der Waals surface area contributed by atoms with Crippen LogP contribution in [0, 0.1) is 0 Å². The van der Waals surface area contributed by atoms with Crippen LogP contribution in [0.25, 0.3) is 0 Å². The third kappa shape index (κ3) is 5.74. The van der Waals surface area contributed by atoms with E-state index in [1.54, 1.807) is 43.8 Å². The predicted molar refractivity (Wildman–Crippen MR) is 89.0 cm³/mol. The molecule has 2 rings (SSSR count). The molecule has 130 valence electrons. The molecule has 0 fully saturated rings. The van der Waals surface area contributed by atoms with Gasteiger partial charge in [-0.1, -0.05) is 18.2 Å². The molecule has 0 spiro atoms. The number of amides is 1. The molecule has 2 aromatic rings. The Morgan fingerprint density at radius 2 is 1.79 bits per heavy atom. The molecule has 0 aromatic heterocycles. The van der Waals surface area contributed by atoms with Gasteiger partial charge in [-0.15, -0.1) is 0 Å². The molecule has 0 aliphatic rings. The normalized spacial score (nSPS) is 11.0. The van der Waals surface area contributed by atoms with E-state index in [4.69, 9.17) is 9.94 Å². The SMILES string of the molecule is CN(C)C(=O)c1ccc(Oc2ccccc2)c(S(=O)[O-])c1.CNO. The third-order valence-electron chi connectivity index (χ3n) is 2.75. The monoisotopic (exact) mass is 351 g/mol. The Hall–Kier alpha value is -2.26. The highest BCUT2D eigenvalue weighted by molar-refractivity contribution is 7.79. The summed E-state index contributed by atoms with van der Waals surface area (Å²) >= 11 is -2.50. The molecule has 0 heterocycles. The molecule has 0 bridgehead atoms. The van der Waals surface area contributed by atoms with Crippen LogP contribution in [0.1, 0.15) is 10.4 Å². The number of rotatable bonds is 4. The summed E-state index contributed by atoms with van der Waals surface area (Å²) in [7, 11) is 4.63. The zero-order chi connectivity index (χ0) is 18.1. The second-order valence-electron chi connectivity index (χ2n) is 4.73. The Labute approximate surface area is 143 Å². The fourth-order valence-corrected chi connectivity index (χ4v) is 2.23. The van der Waals surface area contributed by atoms with Crippen molar-refractivity contribution in [3.05, 3.63) is 54.1 Å². The second-order valence-corrected chi connectivity index (χ2v) is 5.64. The van der Waals surface area contributed by atoms with E-state index in [0.29, 0.717) is 11.3 Å². The average Bonchev–Trinajstić information content (AvgIpc) is 2.56. The molecule has 1 atom stereocenters. The van der Waals surface area contributed by atoms with Gasteiger partial charge in [0.15, 0.2) is 0 Å².